The molecule has 2 heterocycles. The fraction of sp³-hybridized carbons (Fsp3) is 0.643. The van der Waals surface area contributed by atoms with Crippen molar-refractivity contribution in [2.24, 2.45) is 0 Å². The highest BCUT2D eigenvalue weighted by atomic mass is 79.9. The normalized spacial score (nSPS) is 22.7. The summed E-state index contributed by atoms with van der Waals surface area (Å²) in [5.41, 5.74) is 1.02. The van der Waals surface area contributed by atoms with Crippen molar-refractivity contribution < 1.29 is 9.84 Å². The van der Waals surface area contributed by atoms with Crippen LogP contribution in [-0.4, -0.2) is 52.9 Å². The number of morpholine rings is 1. The largest absolute Gasteiger partial charge is 0.390 e. The van der Waals surface area contributed by atoms with Crippen molar-refractivity contribution in [2.75, 3.05) is 19.7 Å². The lowest BCUT2D eigenvalue weighted by Gasteiger charge is -2.37. The van der Waals surface area contributed by atoms with E-state index in [1.807, 2.05) is 6.07 Å². The van der Waals surface area contributed by atoms with Crippen molar-refractivity contribution in [3.05, 3.63) is 28.5 Å². The molecule has 1 aromatic rings. The maximum Gasteiger partial charge on any atom is 0.0964 e. The van der Waals surface area contributed by atoms with Crippen molar-refractivity contribution in [3.8, 4) is 0 Å². The van der Waals surface area contributed by atoms with E-state index in [-0.39, 0.29) is 6.10 Å². The monoisotopic (exact) mass is 328 g/mol. The van der Waals surface area contributed by atoms with Gasteiger partial charge in [-0.2, -0.15) is 0 Å². The minimum absolute atomic E-state index is 0.116. The lowest BCUT2D eigenvalue weighted by atomic mass is 10.0. The van der Waals surface area contributed by atoms with E-state index in [4.69, 9.17) is 4.74 Å². The molecule has 1 fully saturated rings. The lowest BCUT2D eigenvalue weighted by molar-refractivity contribution is -0.0940. The Morgan fingerprint density at radius 1 is 1.53 bits per heavy atom. The molecule has 2 atom stereocenters. The van der Waals surface area contributed by atoms with E-state index in [2.05, 4.69) is 39.7 Å². The molecule has 2 rings (SSSR count). The standard InChI is InChI=1S/C14H21BrN2O2/c1-10(2)17-3-4-19-14(9-17)13(18)6-11-5-12(15)8-16-7-11/h5,7-8,10,13-14,18H,3-4,6,9H2,1-2H3. The molecule has 0 bridgehead atoms. The van der Waals surface area contributed by atoms with Gasteiger partial charge >= 0.3 is 0 Å². The molecule has 0 radical (unpaired) electrons. The first kappa shape index (κ1) is 14.9. The summed E-state index contributed by atoms with van der Waals surface area (Å²) in [6, 6.07) is 2.48. The summed E-state index contributed by atoms with van der Waals surface area (Å²) in [5.74, 6) is 0. The molecule has 106 valence electrons. The number of aliphatic hydroxyl groups is 1. The number of hydrogen-bond acceptors (Lipinski definition) is 4. The van der Waals surface area contributed by atoms with Crippen LogP contribution in [0.3, 0.4) is 0 Å². The van der Waals surface area contributed by atoms with Gasteiger partial charge in [-0.25, -0.2) is 0 Å². The van der Waals surface area contributed by atoms with Crippen LogP contribution in [0.4, 0.5) is 0 Å². The van der Waals surface area contributed by atoms with Crippen molar-refractivity contribution in [2.45, 2.75) is 38.5 Å². The zero-order valence-electron chi connectivity index (χ0n) is 11.4. The number of pyridine rings is 1. The number of ether oxygens (including phenoxy) is 1. The molecule has 2 unspecified atom stereocenters. The van der Waals surface area contributed by atoms with Crippen LogP contribution in [0.25, 0.3) is 0 Å². The quantitative estimate of drug-likeness (QED) is 0.916. The van der Waals surface area contributed by atoms with Crippen LogP contribution in [0.1, 0.15) is 19.4 Å². The Hall–Kier alpha value is -0.490. The van der Waals surface area contributed by atoms with Gasteiger partial charge in [0.05, 0.1) is 18.8 Å². The molecule has 5 heteroatoms. The Morgan fingerprint density at radius 2 is 2.32 bits per heavy atom. The van der Waals surface area contributed by atoms with E-state index in [0.717, 1.165) is 23.1 Å². The molecule has 0 spiro atoms. The molecule has 1 aliphatic heterocycles. The summed E-state index contributed by atoms with van der Waals surface area (Å²) in [7, 11) is 0. The van der Waals surface area contributed by atoms with Crippen molar-refractivity contribution in [1.82, 2.24) is 9.88 Å². The Kier molecular flexibility index (Phi) is 5.33. The van der Waals surface area contributed by atoms with Crippen molar-refractivity contribution in [1.29, 1.82) is 0 Å². The zero-order chi connectivity index (χ0) is 13.8. The van der Waals surface area contributed by atoms with E-state index in [1.165, 1.54) is 0 Å². The SMILES string of the molecule is CC(C)N1CCOC(C(O)Cc2cncc(Br)c2)C1. The Labute approximate surface area is 122 Å². The number of halogens is 1. The molecule has 0 aromatic carbocycles. The van der Waals surface area contributed by atoms with E-state index in [1.54, 1.807) is 12.4 Å². The average Bonchev–Trinajstić information content (AvgIpc) is 2.39. The molecular weight excluding hydrogens is 308 g/mol. The predicted molar refractivity (Wildman–Crippen MR) is 78.1 cm³/mol. The van der Waals surface area contributed by atoms with Gasteiger partial charge in [-0.3, -0.25) is 9.88 Å². The summed E-state index contributed by atoms with van der Waals surface area (Å²) < 4.78 is 6.63. The molecule has 1 saturated heterocycles. The summed E-state index contributed by atoms with van der Waals surface area (Å²) in [6.07, 6.45) is 3.50. The number of aromatic nitrogens is 1. The maximum atomic E-state index is 10.3. The van der Waals surface area contributed by atoms with Crippen LogP contribution in [0.5, 0.6) is 0 Å². The van der Waals surface area contributed by atoms with Crippen LogP contribution < -0.4 is 0 Å². The highest BCUT2D eigenvalue weighted by Crippen LogP contribution is 2.16. The molecule has 19 heavy (non-hydrogen) atoms. The number of nitrogens with zero attached hydrogens (tertiary/aromatic N) is 2. The first-order valence-corrected chi connectivity index (χ1v) is 7.48. The molecule has 1 N–H and O–H groups in total. The van der Waals surface area contributed by atoms with E-state index >= 15 is 0 Å². The number of rotatable bonds is 4. The predicted octanol–water partition coefficient (Wildman–Crippen LogP) is 1.86. The Balaban J connectivity index is 1.94. The van der Waals surface area contributed by atoms with Gasteiger partial charge < -0.3 is 9.84 Å². The van der Waals surface area contributed by atoms with Crippen LogP contribution in [0, 0.1) is 0 Å². The zero-order valence-corrected chi connectivity index (χ0v) is 13.0. The molecule has 1 aromatic heterocycles. The molecule has 0 saturated carbocycles. The third-order valence-electron chi connectivity index (χ3n) is 3.49. The molecule has 0 amide bonds. The minimum Gasteiger partial charge on any atom is -0.390 e. The lowest BCUT2D eigenvalue weighted by Crippen LogP contribution is -2.50. The van der Waals surface area contributed by atoms with Gasteiger partial charge in [0.2, 0.25) is 0 Å². The molecule has 4 nitrogen and oxygen atoms in total. The van der Waals surface area contributed by atoms with Crippen molar-refractivity contribution in [3.63, 3.8) is 0 Å². The number of aliphatic hydroxyl groups excluding tert-OH is 1. The second kappa shape index (κ2) is 6.79. The fourth-order valence-corrected chi connectivity index (χ4v) is 2.75. The first-order valence-electron chi connectivity index (χ1n) is 6.69. The minimum atomic E-state index is -0.488. The highest BCUT2D eigenvalue weighted by Gasteiger charge is 2.28. The van der Waals surface area contributed by atoms with E-state index < -0.39 is 6.10 Å². The maximum absolute atomic E-state index is 10.3. The molecule has 0 aliphatic carbocycles. The first-order chi connectivity index (χ1) is 9.06. The third-order valence-corrected chi connectivity index (χ3v) is 3.92. The van der Waals surface area contributed by atoms with E-state index in [9.17, 15) is 5.11 Å². The van der Waals surface area contributed by atoms with Crippen molar-refractivity contribution >= 4 is 15.9 Å². The molecular formula is C14H21BrN2O2. The van der Waals surface area contributed by atoms with Gasteiger partial charge in [0.1, 0.15) is 0 Å². The van der Waals surface area contributed by atoms with Gasteiger partial charge in [0.15, 0.2) is 0 Å². The van der Waals surface area contributed by atoms with Gasteiger partial charge in [0, 0.05) is 42.4 Å². The Morgan fingerprint density at radius 3 is 3.00 bits per heavy atom. The van der Waals surface area contributed by atoms with Crippen LogP contribution in [0.2, 0.25) is 0 Å². The average molecular weight is 329 g/mol. The summed E-state index contributed by atoms with van der Waals surface area (Å²) in [5, 5.41) is 10.3. The van der Waals surface area contributed by atoms with Gasteiger partial charge in [0.25, 0.3) is 0 Å². The topological polar surface area (TPSA) is 45.6 Å². The van der Waals surface area contributed by atoms with Crippen LogP contribution in [-0.2, 0) is 11.2 Å². The fourth-order valence-electron chi connectivity index (χ4n) is 2.34. The van der Waals surface area contributed by atoms with Crippen LogP contribution in [0.15, 0.2) is 22.9 Å². The summed E-state index contributed by atoms with van der Waals surface area (Å²) in [4.78, 5) is 6.46. The third kappa shape index (κ3) is 4.24. The van der Waals surface area contributed by atoms with E-state index in [0.29, 0.717) is 19.1 Å². The van der Waals surface area contributed by atoms with Crippen LogP contribution >= 0.6 is 15.9 Å². The van der Waals surface area contributed by atoms with Gasteiger partial charge in [-0.15, -0.1) is 0 Å². The van der Waals surface area contributed by atoms with Gasteiger partial charge in [-0.1, -0.05) is 0 Å². The second-order valence-electron chi connectivity index (χ2n) is 5.28. The summed E-state index contributed by atoms with van der Waals surface area (Å²) >= 11 is 3.39. The smallest absolute Gasteiger partial charge is 0.0964 e. The molecule has 1 aliphatic rings. The summed E-state index contributed by atoms with van der Waals surface area (Å²) in [6.45, 7) is 6.77. The second-order valence-corrected chi connectivity index (χ2v) is 6.20. The number of hydrogen-bond donors (Lipinski definition) is 1. The Bertz CT molecular complexity index is 414. The highest BCUT2D eigenvalue weighted by molar-refractivity contribution is 9.10. The van der Waals surface area contributed by atoms with Gasteiger partial charge in [-0.05, 0) is 41.4 Å².